The summed E-state index contributed by atoms with van der Waals surface area (Å²) in [6.45, 7) is 5.56. The Balaban J connectivity index is 3.14. The zero-order valence-electron chi connectivity index (χ0n) is 13.5. The fraction of sp³-hybridized carbons (Fsp3) is 0.467. The first-order chi connectivity index (χ1) is 10.0. The van der Waals surface area contributed by atoms with Gasteiger partial charge < -0.3 is 15.3 Å². The van der Waals surface area contributed by atoms with E-state index in [-0.39, 0.29) is 12.6 Å². The molecule has 3 amide bonds. The molecule has 0 heterocycles. The molecule has 22 heavy (non-hydrogen) atoms. The highest BCUT2D eigenvalue weighted by Gasteiger charge is 2.27. The molecule has 0 aromatic heterocycles. The number of nitrogens with zero attached hydrogens (tertiary/aromatic N) is 2. The number of halogens is 1. The first-order valence-corrected chi connectivity index (χ1v) is 7.17. The van der Waals surface area contributed by atoms with Gasteiger partial charge in [0.1, 0.15) is 0 Å². The second-order valence-corrected chi connectivity index (χ2v) is 6.60. The van der Waals surface area contributed by atoms with Crippen LogP contribution in [0.1, 0.15) is 26.3 Å². The number of carboxylic acid groups (broad SMARTS) is 1. The minimum Gasteiger partial charge on any atom is -0.465 e. The van der Waals surface area contributed by atoms with Crippen LogP contribution in [0.25, 0.3) is 0 Å². The highest BCUT2D eigenvalue weighted by Crippen LogP contribution is 2.25. The van der Waals surface area contributed by atoms with E-state index in [0.29, 0.717) is 16.3 Å². The quantitative estimate of drug-likeness (QED) is 0.888. The minimum absolute atomic E-state index is 0.127. The van der Waals surface area contributed by atoms with Gasteiger partial charge in [-0.2, -0.15) is 0 Å². The number of urea groups is 1. The van der Waals surface area contributed by atoms with Crippen molar-refractivity contribution in [3.05, 3.63) is 28.8 Å². The highest BCUT2D eigenvalue weighted by molar-refractivity contribution is 6.30. The van der Waals surface area contributed by atoms with Crippen LogP contribution < -0.4 is 5.32 Å². The number of nitrogens with one attached hydrogen (secondary N) is 1. The lowest BCUT2D eigenvalue weighted by Crippen LogP contribution is -2.44. The fourth-order valence-electron chi connectivity index (χ4n) is 1.80. The van der Waals surface area contributed by atoms with Gasteiger partial charge in [-0.25, -0.2) is 9.59 Å². The van der Waals surface area contributed by atoms with Gasteiger partial charge in [-0.1, -0.05) is 11.6 Å². The lowest BCUT2D eigenvalue weighted by Gasteiger charge is -2.33. The summed E-state index contributed by atoms with van der Waals surface area (Å²) in [7, 11) is 3.26. The summed E-state index contributed by atoms with van der Waals surface area (Å²) in [5.74, 6) is 0. The van der Waals surface area contributed by atoms with Crippen molar-refractivity contribution in [3.63, 3.8) is 0 Å². The van der Waals surface area contributed by atoms with E-state index < -0.39 is 11.6 Å². The molecule has 0 atom stereocenters. The fourth-order valence-corrected chi connectivity index (χ4v) is 2.00. The molecule has 0 aliphatic rings. The summed E-state index contributed by atoms with van der Waals surface area (Å²) in [6.07, 6.45) is -1.03. The van der Waals surface area contributed by atoms with Gasteiger partial charge in [0.2, 0.25) is 0 Å². The van der Waals surface area contributed by atoms with Crippen LogP contribution >= 0.6 is 11.6 Å². The zero-order chi connectivity index (χ0) is 17.1. The average Bonchev–Trinajstić information content (AvgIpc) is 2.36. The normalized spacial score (nSPS) is 11.0. The molecule has 0 radical (unpaired) electrons. The molecule has 1 rings (SSSR count). The molecular formula is C15H22ClN3O3. The Labute approximate surface area is 135 Å². The molecule has 0 aliphatic carbocycles. The summed E-state index contributed by atoms with van der Waals surface area (Å²) in [5.41, 5.74) is 0.607. The van der Waals surface area contributed by atoms with Gasteiger partial charge in [0.25, 0.3) is 0 Å². The number of hydrogen-bond donors (Lipinski definition) is 2. The van der Waals surface area contributed by atoms with Crippen molar-refractivity contribution >= 4 is 29.4 Å². The molecule has 0 saturated carbocycles. The summed E-state index contributed by atoms with van der Waals surface area (Å²) >= 11 is 6.00. The number of amides is 3. The minimum atomic E-state index is -1.03. The van der Waals surface area contributed by atoms with Crippen LogP contribution in [0.5, 0.6) is 0 Å². The SMILES string of the molecule is CN(C)C(=O)Nc1ccc(Cl)cc1CN(C(=O)O)C(C)(C)C. The van der Waals surface area contributed by atoms with E-state index in [1.807, 2.05) is 20.8 Å². The molecule has 1 aromatic rings. The van der Waals surface area contributed by atoms with Crippen molar-refractivity contribution in [2.24, 2.45) is 0 Å². The van der Waals surface area contributed by atoms with Gasteiger partial charge in [0.15, 0.2) is 0 Å². The van der Waals surface area contributed by atoms with E-state index in [4.69, 9.17) is 11.6 Å². The maximum absolute atomic E-state index is 11.8. The zero-order valence-corrected chi connectivity index (χ0v) is 14.2. The van der Waals surface area contributed by atoms with Crippen LogP contribution in [0, 0.1) is 0 Å². The first kappa shape index (κ1) is 18.1. The first-order valence-electron chi connectivity index (χ1n) is 6.79. The Morgan fingerprint density at radius 3 is 2.32 bits per heavy atom. The third kappa shape index (κ3) is 4.80. The van der Waals surface area contributed by atoms with Crippen molar-refractivity contribution in [1.82, 2.24) is 9.80 Å². The molecule has 0 saturated heterocycles. The van der Waals surface area contributed by atoms with E-state index in [0.717, 1.165) is 0 Å². The highest BCUT2D eigenvalue weighted by atomic mass is 35.5. The third-order valence-electron chi connectivity index (χ3n) is 3.08. The van der Waals surface area contributed by atoms with Crippen LogP contribution in [0.4, 0.5) is 15.3 Å². The molecule has 2 N–H and O–H groups in total. The monoisotopic (exact) mass is 327 g/mol. The molecule has 6 nitrogen and oxygen atoms in total. The Morgan fingerprint density at radius 2 is 1.86 bits per heavy atom. The van der Waals surface area contributed by atoms with Crippen molar-refractivity contribution in [3.8, 4) is 0 Å². The van der Waals surface area contributed by atoms with Gasteiger partial charge in [0.05, 0.1) is 6.54 Å². The van der Waals surface area contributed by atoms with E-state index in [2.05, 4.69) is 5.32 Å². The summed E-state index contributed by atoms with van der Waals surface area (Å²) < 4.78 is 0. The van der Waals surface area contributed by atoms with Crippen molar-refractivity contribution in [2.75, 3.05) is 19.4 Å². The topological polar surface area (TPSA) is 72.9 Å². The molecule has 0 fully saturated rings. The third-order valence-corrected chi connectivity index (χ3v) is 3.32. The van der Waals surface area contributed by atoms with E-state index >= 15 is 0 Å². The van der Waals surface area contributed by atoms with Crippen molar-refractivity contribution in [1.29, 1.82) is 0 Å². The predicted octanol–water partition coefficient (Wildman–Crippen LogP) is 3.71. The van der Waals surface area contributed by atoms with Crippen LogP contribution in [-0.4, -0.2) is 46.7 Å². The summed E-state index contributed by atoms with van der Waals surface area (Å²) in [5, 5.41) is 12.6. The predicted molar refractivity (Wildman–Crippen MR) is 87.5 cm³/mol. The average molecular weight is 328 g/mol. The van der Waals surface area contributed by atoms with Gasteiger partial charge in [-0.15, -0.1) is 0 Å². The number of carbonyl (C=O) groups excluding carboxylic acids is 1. The van der Waals surface area contributed by atoms with Crippen molar-refractivity contribution < 1.29 is 14.7 Å². The Kier molecular flexibility index (Phi) is 5.65. The van der Waals surface area contributed by atoms with Crippen LogP contribution in [-0.2, 0) is 6.54 Å². The Morgan fingerprint density at radius 1 is 1.27 bits per heavy atom. The summed E-state index contributed by atoms with van der Waals surface area (Å²) in [6, 6.07) is 4.69. The number of carbonyl (C=O) groups is 2. The smallest absolute Gasteiger partial charge is 0.408 e. The van der Waals surface area contributed by atoms with Crippen molar-refractivity contribution in [2.45, 2.75) is 32.9 Å². The lowest BCUT2D eigenvalue weighted by atomic mass is 10.0. The van der Waals surface area contributed by atoms with Crippen LogP contribution in [0.3, 0.4) is 0 Å². The van der Waals surface area contributed by atoms with E-state index in [1.54, 1.807) is 32.3 Å². The number of hydrogen-bond acceptors (Lipinski definition) is 2. The molecule has 0 spiro atoms. The molecule has 0 unspecified atom stereocenters. The largest absolute Gasteiger partial charge is 0.465 e. The Bertz CT molecular complexity index is 568. The van der Waals surface area contributed by atoms with Gasteiger partial charge in [-0.05, 0) is 44.5 Å². The van der Waals surface area contributed by atoms with E-state index in [9.17, 15) is 14.7 Å². The number of anilines is 1. The second kappa shape index (κ2) is 6.87. The molecule has 0 bridgehead atoms. The molecular weight excluding hydrogens is 306 g/mol. The molecule has 1 aromatic carbocycles. The van der Waals surface area contributed by atoms with Crippen LogP contribution in [0.15, 0.2) is 18.2 Å². The standard InChI is InChI=1S/C15H22ClN3O3/c1-15(2,3)19(14(21)22)9-10-8-11(16)6-7-12(10)17-13(20)18(4)5/h6-8H,9H2,1-5H3,(H,17,20)(H,21,22). The second-order valence-electron chi connectivity index (χ2n) is 6.17. The lowest BCUT2D eigenvalue weighted by molar-refractivity contribution is 0.0957. The number of rotatable bonds is 3. The molecule has 0 aliphatic heterocycles. The molecule has 7 heteroatoms. The van der Waals surface area contributed by atoms with Gasteiger partial charge in [0, 0.05) is 30.3 Å². The maximum atomic E-state index is 11.8. The molecule has 122 valence electrons. The summed E-state index contributed by atoms with van der Waals surface area (Å²) in [4.78, 5) is 26.0. The Hall–Kier alpha value is -1.95. The maximum Gasteiger partial charge on any atom is 0.408 e. The van der Waals surface area contributed by atoms with Crippen LogP contribution in [0.2, 0.25) is 5.02 Å². The van der Waals surface area contributed by atoms with Gasteiger partial charge >= 0.3 is 12.1 Å². The number of benzene rings is 1. The van der Waals surface area contributed by atoms with Gasteiger partial charge in [-0.3, -0.25) is 4.90 Å². The van der Waals surface area contributed by atoms with E-state index in [1.165, 1.54) is 9.80 Å².